The van der Waals surface area contributed by atoms with Crippen LogP contribution in [0.2, 0.25) is 5.02 Å². The number of amides is 7. The number of urea groups is 1. The van der Waals surface area contributed by atoms with Crippen molar-refractivity contribution in [1.82, 2.24) is 25.8 Å². The number of Topliss-reactive ketones (excluding diaryl/α,β-unsaturated/α-hetero) is 1. The lowest BCUT2D eigenvalue weighted by Crippen LogP contribution is -2.63. The number of nitrogens with two attached hydrogens (primary N) is 2. The maximum absolute atomic E-state index is 14.3. The molecule has 2 fully saturated rings. The molecule has 3 aliphatic heterocycles. The molecule has 4 bridgehead atoms. The second-order valence-electron chi connectivity index (χ2n) is 21.8. The Morgan fingerprint density at radius 3 is 2.36 bits per heavy atom. The summed E-state index contributed by atoms with van der Waals surface area (Å²) in [6.07, 6.45) is 0.782. The second kappa shape index (κ2) is 28.2. The molecule has 0 radical (unpaired) electrons. The van der Waals surface area contributed by atoms with E-state index in [2.05, 4.69) is 16.0 Å². The first-order valence-electron chi connectivity index (χ1n) is 26.9. The van der Waals surface area contributed by atoms with Crippen LogP contribution >= 0.6 is 11.6 Å². The summed E-state index contributed by atoms with van der Waals surface area (Å²) in [5, 5.41) is 20.0. The highest BCUT2D eigenvalue weighted by atomic mass is 35.5. The summed E-state index contributed by atoms with van der Waals surface area (Å²) < 4.78 is 29.4. The van der Waals surface area contributed by atoms with E-state index in [1.807, 2.05) is 32.1 Å². The van der Waals surface area contributed by atoms with Crippen molar-refractivity contribution < 1.29 is 67.1 Å². The zero-order chi connectivity index (χ0) is 59.4. The molecule has 0 aromatic heterocycles. The molecule has 22 nitrogen and oxygen atoms in total. The summed E-state index contributed by atoms with van der Waals surface area (Å²) in [5.41, 5.74) is 12.3. The van der Waals surface area contributed by atoms with Gasteiger partial charge in [0.2, 0.25) is 17.7 Å². The molecular formula is C57H81ClN8O14. The van der Waals surface area contributed by atoms with Crippen LogP contribution in [-0.2, 0) is 67.1 Å². The first-order chi connectivity index (χ1) is 37.6. The summed E-state index contributed by atoms with van der Waals surface area (Å²) >= 11 is 6.83. The maximum atomic E-state index is 14.3. The normalized spacial score (nSPS) is 25.2. The lowest BCUT2D eigenvalue weighted by atomic mass is 9.83. The summed E-state index contributed by atoms with van der Waals surface area (Å²) in [7, 11) is 5.98. The van der Waals surface area contributed by atoms with Crippen LogP contribution in [0.1, 0.15) is 102 Å². The van der Waals surface area contributed by atoms with Gasteiger partial charge in [-0.25, -0.2) is 19.2 Å². The Kier molecular flexibility index (Phi) is 22.6. The number of alkyl carbamates (subject to hydrolysis) is 1. The molecular weight excluding hydrogens is 1060 g/mol. The van der Waals surface area contributed by atoms with Crippen molar-refractivity contribution in [2.24, 2.45) is 23.3 Å². The molecule has 0 aliphatic carbocycles. The molecule has 8 N–H and O–H groups in total. The molecule has 7 amide bonds. The zero-order valence-corrected chi connectivity index (χ0v) is 48.6. The van der Waals surface area contributed by atoms with Gasteiger partial charge >= 0.3 is 24.2 Å². The van der Waals surface area contributed by atoms with Crippen LogP contribution in [0.4, 0.5) is 20.1 Å². The first-order valence-corrected chi connectivity index (χ1v) is 27.3. The van der Waals surface area contributed by atoms with Crippen molar-refractivity contribution >= 4 is 65.0 Å². The highest BCUT2D eigenvalue weighted by molar-refractivity contribution is 6.34. The predicted molar refractivity (Wildman–Crippen MR) is 298 cm³/mol. The molecule has 3 heterocycles. The Bertz CT molecular complexity index is 2650. The summed E-state index contributed by atoms with van der Waals surface area (Å²) in [6, 6.07) is 7.16. The number of allylic oxidation sites excluding steroid dienone is 3. The third-order valence-corrected chi connectivity index (χ3v) is 15.7. The topological polar surface area (TPSA) is 304 Å². The number of ketones is 1. The fourth-order valence-corrected chi connectivity index (χ4v) is 9.96. The lowest BCUT2D eigenvalue weighted by molar-refractivity contribution is -0.162. The number of nitrogens with one attached hydrogen (secondary N) is 3. The average molecular weight is 1140 g/mol. The van der Waals surface area contributed by atoms with E-state index in [0.29, 0.717) is 34.7 Å². The minimum absolute atomic E-state index is 0.00136. The van der Waals surface area contributed by atoms with Gasteiger partial charge in [0, 0.05) is 66.5 Å². The number of anilines is 1. The number of rotatable bonds is 20. The average Bonchev–Trinajstić information content (AvgIpc) is 4.12. The molecule has 23 heteroatoms. The lowest BCUT2D eigenvalue weighted by Gasteiger charge is -2.42. The number of likely N-dealkylation sites (N-methyl/N-ethyl adjacent to an activating group) is 1. The summed E-state index contributed by atoms with van der Waals surface area (Å²) in [5.74, 6) is -3.12. The number of carbonyl (C=O) groups is 8. The molecule has 1 unspecified atom stereocenters. The molecule has 2 aromatic carbocycles. The van der Waals surface area contributed by atoms with Crippen LogP contribution in [0.15, 0.2) is 60.2 Å². The van der Waals surface area contributed by atoms with Crippen LogP contribution in [0, 0.1) is 18.8 Å². The van der Waals surface area contributed by atoms with Crippen molar-refractivity contribution in [3.8, 4) is 0 Å². The molecule has 0 spiro atoms. The molecule has 80 heavy (non-hydrogen) atoms. The highest BCUT2D eigenvalue weighted by Crippen LogP contribution is 2.49. The van der Waals surface area contributed by atoms with E-state index >= 15 is 0 Å². The number of ether oxygens (including phenoxy) is 5. The molecule has 0 saturated carbocycles. The van der Waals surface area contributed by atoms with Gasteiger partial charge < -0.3 is 65.6 Å². The number of aryl methyl sites for hydroxylation is 1. The number of aliphatic hydroxyl groups is 1. The Morgan fingerprint density at radius 2 is 1.71 bits per heavy atom. The fraction of sp³-hybridized carbons (Fsp3) is 0.579. The number of hydrogen-bond donors (Lipinski definition) is 6. The standard InChI is InChI=1S/C57H81ClN8O14/c1-32(2)49(59)51(70)62-40(16-13-23-61-53(60)72)42(67)28-37-19-21-38(22-20-37)31-77-55(74)64(8)24-14-18-46(68)65(9)36(6)52(71)79-45-29-47(69)66(10)41-27-39(26-34(4)48(41)58)25-33(3)15-12-17-44(76-11)57(75)30-43(78-54(73)63-57)35(5)50-56(45,7)80-50/h12,15,17,19-22,26-27,32,35-36,40,43-45,49-50,75H,13-14,16,18,23-25,28-31,59H2,1-11H3,(H,62,70)(H,63,73)(H3,60,61,72)/b17-12+,33-15+/t35-,36+,40+,43+,44-,45+,49+,50?,56+,57-/m1/s1. The molecule has 2 aromatic rings. The minimum atomic E-state index is -1.87. The molecule has 10 atom stereocenters. The molecule has 2 saturated heterocycles. The van der Waals surface area contributed by atoms with E-state index in [0.717, 1.165) is 16.7 Å². The number of nitrogens with zero attached hydrogens (tertiary/aromatic N) is 3. The Morgan fingerprint density at radius 1 is 1.04 bits per heavy atom. The van der Waals surface area contributed by atoms with E-state index in [1.54, 1.807) is 71.2 Å². The van der Waals surface area contributed by atoms with Gasteiger partial charge in [0.25, 0.3) is 0 Å². The Balaban J connectivity index is 1.19. The van der Waals surface area contributed by atoms with Gasteiger partial charge in [0.15, 0.2) is 11.5 Å². The predicted octanol–water partition coefficient (Wildman–Crippen LogP) is 4.89. The number of methoxy groups -OCH3 is 1. The zero-order valence-electron chi connectivity index (χ0n) is 47.8. The third-order valence-electron chi connectivity index (χ3n) is 15.2. The number of fused-ring (bicyclic) bond motifs is 5. The van der Waals surface area contributed by atoms with Crippen LogP contribution < -0.4 is 32.3 Å². The first kappa shape index (κ1) is 64.2. The minimum Gasteiger partial charge on any atom is -0.457 e. The van der Waals surface area contributed by atoms with Crippen molar-refractivity contribution in [1.29, 1.82) is 0 Å². The molecule has 3 aliphatic rings. The number of epoxide rings is 1. The fourth-order valence-electron chi connectivity index (χ4n) is 9.73. The second-order valence-corrected chi connectivity index (χ2v) is 22.2. The van der Waals surface area contributed by atoms with E-state index in [4.69, 9.17) is 46.8 Å². The SMILES string of the molecule is CO[C@@H]1/C=C/C=C(\C)Cc2cc(C)c(Cl)c(c2)N(C)C(=O)C[C@H](OC(=O)[C@H](C)N(C)C(=O)CCCN(C)C(=O)OCc2ccc(CC(=O)[C@H](CCCNC(N)=O)NC(=O)[C@@H](N)C(C)C)cc2)[C@]2(C)OC2[C@H](C)[C@@H]2C[C@]1(O)NC(=O)O2. The van der Waals surface area contributed by atoms with E-state index < -0.39 is 102 Å². The Labute approximate surface area is 473 Å². The summed E-state index contributed by atoms with van der Waals surface area (Å²) in [6.45, 7) is 12.6. The number of halogens is 1. The van der Waals surface area contributed by atoms with Crippen LogP contribution in [0.5, 0.6) is 0 Å². The number of benzene rings is 2. The number of carbonyl (C=O) groups excluding carboxylic acids is 8. The van der Waals surface area contributed by atoms with Gasteiger partial charge in [-0.1, -0.05) is 86.5 Å². The van der Waals surface area contributed by atoms with Crippen LogP contribution in [0.25, 0.3) is 0 Å². The number of hydrogen-bond acceptors (Lipinski definition) is 15. The van der Waals surface area contributed by atoms with Crippen LogP contribution in [0.3, 0.4) is 0 Å². The Hall–Kier alpha value is -6.59. The monoisotopic (exact) mass is 1140 g/mol. The van der Waals surface area contributed by atoms with Gasteiger partial charge in [-0.2, -0.15) is 0 Å². The van der Waals surface area contributed by atoms with Crippen molar-refractivity contribution in [2.75, 3.05) is 46.2 Å². The van der Waals surface area contributed by atoms with E-state index in [-0.39, 0.29) is 69.9 Å². The van der Waals surface area contributed by atoms with Crippen molar-refractivity contribution in [2.45, 2.75) is 160 Å². The summed E-state index contributed by atoms with van der Waals surface area (Å²) in [4.78, 5) is 109. The molecule has 5 rings (SSSR count). The van der Waals surface area contributed by atoms with Gasteiger partial charge in [0.1, 0.15) is 36.6 Å². The maximum Gasteiger partial charge on any atom is 0.409 e. The van der Waals surface area contributed by atoms with Gasteiger partial charge in [-0.15, -0.1) is 0 Å². The quantitative estimate of drug-likeness (QED) is 0.0445. The van der Waals surface area contributed by atoms with E-state index in [9.17, 15) is 43.5 Å². The smallest absolute Gasteiger partial charge is 0.409 e. The highest BCUT2D eigenvalue weighted by Gasteiger charge is 2.64. The van der Waals surface area contributed by atoms with Gasteiger partial charge in [-0.05, 0) is 87.6 Å². The number of esters is 1. The van der Waals surface area contributed by atoms with Crippen LogP contribution in [-0.4, -0.2) is 158 Å². The number of primary amides is 1. The van der Waals surface area contributed by atoms with Crippen molar-refractivity contribution in [3.63, 3.8) is 0 Å². The van der Waals surface area contributed by atoms with Gasteiger partial charge in [0.05, 0.1) is 35.3 Å². The van der Waals surface area contributed by atoms with Gasteiger partial charge in [-0.3, -0.25) is 24.5 Å². The largest absolute Gasteiger partial charge is 0.457 e. The third kappa shape index (κ3) is 17.0. The van der Waals surface area contributed by atoms with Crippen molar-refractivity contribution in [3.05, 3.63) is 87.5 Å². The molecule has 440 valence electrons. The van der Waals surface area contributed by atoms with E-state index in [1.165, 1.54) is 42.8 Å².